The van der Waals surface area contributed by atoms with E-state index in [0.717, 1.165) is 37.7 Å². The van der Waals surface area contributed by atoms with Crippen LogP contribution in [0, 0.1) is 5.82 Å². The summed E-state index contributed by atoms with van der Waals surface area (Å²) in [6.45, 7) is 0.710. The fraction of sp³-hybridized carbons (Fsp3) is 0.500. The molecule has 1 aromatic carbocycles. The molecule has 1 aromatic heterocycles. The Morgan fingerprint density at radius 1 is 1.12 bits per heavy atom. The highest BCUT2D eigenvalue weighted by Crippen LogP contribution is 2.43. The quantitative estimate of drug-likeness (QED) is 0.558. The lowest BCUT2D eigenvalue weighted by molar-refractivity contribution is -0.192. The van der Waals surface area contributed by atoms with E-state index in [0.29, 0.717) is 24.2 Å². The number of aryl methyl sites for hydroxylation is 1. The molecule has 2 atom stereocenters. The fourth-order valence-electron chi connectivity index (χ4n) is 4.91. The molecule has 1 aliphatic carbocycles. The molecule has 3 aliphatic rings. The number of aromatic carboxylic acids is 1. The number of carbonyl (C=O) groups is 2. The second-order valence-electron chi connectivity index (χ2n) is 8.81. The number of hydrogen-bond acceptors (Lipinski definition) is 5. The average molecular weight is 485 g/mol. The van der Waals surface area contributed by atoms with Crippen LogP contribution in [0.2, 0.25) is 0 Å². The second kappa shape index (κ2) is 8.57. The van der Waals surface area contributed by atoms with Gasteiger partial charge in [-0.3, -0.25) is 4.79 Å². The highest BCUT2D eigenvalue weighted by Gasteiger charge is 2.39. The molecule has 3 heterocycles. The van der Waals surface area contributed by atoms with Gasteiger partial charge in [0.2, 0.25) is 5.43 Å². The molecule has 1 saturated carbocycles. The van der Waals surface area contributed by atoms with Gasteiger partial charge in [-0.1, -0.05) is 0 Å². The third-order valence-corrected chi connectivity index (χ3v) is 6.56. The number of pyridine rings is 1. The zero-order valence-corrected chi connectivity index (χ0v) is 17.9. The first-order valence-corrected chi connectivity index (χ1v) is 10.9. The maximum Gasteiger partial charge on any atom is 0.490 e. The third-order valence-electron chi connectivity index (χ3n) is 6.56. The van der Waals surface area contributed by atoms with E-state index < -0.39 is 29.4 Å². The Bertz CT molecular complexity index is 1220. The van der Waals surface area contributed by atoms with Gasteiger partial charge in [0, 0.05) is 41.8 Å². The number of anilines is 1. The minimum atomic E-state index is -5.08. The van der Waals surface area contributed by atoms with Crippen LogP contribution in [0.15, 0.2) is 17.1 Å². The number of fused-ring (bicyclic) bond motifs is 5. The SMILES string of the molecule is N[C@@H]1CCN2c3c(F)cc4c(=O)c(C(=O)O)cn(C5CC5)c4c3CCC[C@H]12.O=C(O)C(F)(F)F. The van der Waals surface area contributed by atoms with E-state index >= 15 is 4.39 Å². The number of alkyl halides is 3. The van der Waals surface area contributed by atoms with Crippen LogP contribution in [-0.2, 0) is 11.2 Å². The highest BCUT2D eigenvalue weighted by atomic mass is 19.4. The fourth-order valence-corrected chi connectivity index (χ4v) is 4.91. The predicted octanol–water partition coefficient (Wildman–Crippen LogP) is 3.05. The van der Waals surface area contributed by atoms with Gasteiger partial charge in [-0.2, -0.15) is 13.2 Å². The van der Waals surface area contributed by atoms with Gasteiger partial charge in [-0.15, -0.1) is 0 Å². The summed E-state index contributed by atoms with van der Waals surface area (Å²) in [4.78, 5) is 35.3. The van der Waals surface area contributed by atoms with Crippen LogP contribution < -0.4 is 16.1 Å². The summed E-state index contributed by atoms with van der Waals surface area (Å²) in [5.41, 5.74) is 7.48. The van der Waals surface area contributed by atoms with Crippen LogP contribution in [0.3, 0.4) is 0 Å². The molecule has 184 valence electrons. The highest BCUT2D eigenvalue weighted by molar-refractivity contribution is 5.95. The first-order chi connectivity index (χ1) is 15.9. The van der Waals surface area contributed by atoms with Crippen LogP contribution in [0.25, 0.3) is 10.9 Å². The summed E-state index contributed by atoms with van der Waals surface area (Å²) in [6, 6.07) is 1.58. The first kappa shape index (κ1) is 24.0. The van der Waals surface area contributed by atoms with E-state index in [1.807, 2.05) is 4.57 Å². The molecule has 0 amide bonds. The Labute approximate surface area is 190 Å². The smallest absolute Gasteiger partial charge is 0.477 e. The molecule has 0 bridgehead atoms. The Hall–Kier alpha value is -3.15. The number of aliphatic carboxylic acids is 1. The minimum Gasteiger partial charge on any atom is -0.477 e. The van der Waals surface area contributed by atoms with Gasteiger partial charge in [0.15, 0.2) is 0 Å². The van der Waals surface area contributed by atoms with Crippen molar-refractivity contribution in [1.82, 2.24) is 4.57 Å². The summed E-state index contributed by atoms with van der Waals surface area (Å²) in [6.07, 6.45) is 1.54. The van der Waals surface area contributed by atoms with Crippen LogP contribution >= 0.6 is 0 Å². The number of rotatable bonds is 2. The second-order valence-corrected chi connectivity index (χ2v) is 8.81. The average Bonchev–Trinajstić information content (AvgIpc) is 3.54. The van der Waals surface area contributed by atoms with Gasteiger partial charge in [0.05, 0.1) is 11.2 Å². The normalized spacial score (nSPS) is 21.9. The number of nitrogens with zero attached hydrogens (tertiary/aromatic N) is 2. The van der Waals surface area contributed by atoms with Crippen LogP contribution in [0.1, 0.15) is 54.1 Å². The summed E-state index contributed by atoms with van der Waals surface area (Å²) in [5, 5.41) is 16.7. The van der Waals surface area contributed by atoms with E-state index in [-0.39, 0.29) is 29.1 Å². The molecule has 2 fully saturated rings. The van der Waals surface area contributed by atoms with Gasteiger partial charge in [0.25, 0.3) is 0 Å². The van der Waals surface area contributed by atoms with E-state index in [1.165, 1.54) is 12.3 Å². The molecule has 2 aromatic rings. The topological polar surface area (TPSA) is 126 Å². The third kappa shape index (κ3) is 4.22. The molecule has 12 heteroatoms. The molecule has 0 unspecified atom stereocenters. The predicted molar refractivity (Wildman–Crippen MR) is 114 cm³/mol. The number of hydrogen-bond donors (Lipinski definition) is 3. The number of aromatic nitrogens is 1. The Morgan fingerprint density at radius 2 is 1.76 bits per heavy atom. The number of carboxylic acids is 2. The molecule has 0 spiro atoms. The number of carboxylic acid groups (broad SMARTS) is 2. The summed E-state index contributed by atoms with van der Waals surface area (Å²) < 4.78 is 48.9. The van der Waals surface area contributed by atoms with Crippen molar-refractivity contribution in [3.8, 4) is 0 Å². The molecule has 2 aliphatic heterocycles. The van der Waals surface area contributed by atoms with Crippen LogP contribution in [-0.4, -0.2) is 51.5 Å². The Kier molecular flexibility index (Phi) is 6.05. The summed E-state index contributed by atoms with van der Waals surface area (Å²) >= 11 is 0. The molecule has 5 rings (SSSR count). The van der Waals surface area contributed by atoms with Crippen molar-refractivity contribution in [2.45, 2.75) is 62.8 Å². The Balaban J connectivity index is 0.000000344. The number of halogens is 4. The molecule has 8 nitrogen and oxygen atoms in total. The minimum absolute atomic E-state index is 0.0334. The molecular formula is C22H23F4N3O5. The van der Waals surface area contributed by atoms with E-state index in [4.69, 9.17) is 15.6 Å². The van der Waals surface area contributed by atoms with Gasteiger partial charge >= 0.3 is 18.1 Å². The van der Waals surface area contributed by atoms with Crippen LogP contribution in [0.5, 0.6) is 0 Å². The standard InChI is InChI=1S/C20H22FN3O3.C2HF3O2/c21-14-8-12-17(24(10-4-5-10)9-13(19(12)25)20(26)27)11-2-1-3-16-15(22)6-7-23(16)18(11)14;3-2(4,5)1(6)7/h8-10,15-16H,1-7,22H2,(H,26,27);(H,6,7)/t15-,16-;/m1./s1. The van der Waals surface area contributed by atoms with Crippen LogP contribution in [0.4, 0.5) is 23.2 Å². The van der Waals surface area contributed by atoms with E-state index in [9.17, 15) is 27.9 Å². The summed E-state index contributed by atoms with van der Waals surface area (Å²) in [5.74, 6) is -4.47. The largest absolute Gasteiger partial charge is 0.490 e. The van der Waals surface area contributed by atoms with Gasteiger partial charge in [0.1, 0.15) is 11.4 Å². The van der Waals surface area contributed by atoms with Crippen molar-refractivity contribution in [3.05, 3.63) is 39.4 Å². The summed E-state index contributed by atoms with van der Waals surface area (Å²) in [7, 11) is 0. The van der Waals surface area contributed by atoms with Crippen molar-refractivity contribution in [2.24, 2.45) is 5.73 Å². The maximum absolute atomic E-state index is 15.2. The van der Waals surface area contributed by atoms with E-state index in [2.05, 4.69) is 4.90 Å². The lowest BCUT2D eigenvalue weighted by Gasteiger charge is -2.29. The van der Waals surface area contributed by atoms with Crippen molar-refractivity contribution in [1.29, 1.82) is 0 Å². The molecule has 4 N–H and O–H groups in total. The van der Waals surface area contributed by atoms with Gasteiger partial charge < -0.3 is 25.4 Å². The Morgan fingerprint density at radius 3 is 2.32 bits per heavy atom. The number of nitrogens with two attached hydrogens (primary N) is 1. The van der Waals surface area contributed by atoms with E-state index in [1.54, 1.807) is 0 Å². The lowest BCUT2D eigenvalue weighted by atomic mass is 9.99. The van der Waals surface area contributed by atoms with Crippen molar-refractivity contribution in [3.63, 3.8) is 0 Å². The zero-order chi connectivity index (χ0) is 24.9. The molecular weight excluding hydrogens is 462 g/mol. The van der Waals surface area contributed by atoms with Gasteiger partial charge in [-0.25, -0.2) is 14.0 Å². The maximum atomic E-state index is 15.2. The van der Waals surface area contributed by atoms with Crippen molar-refractivity contribution < 1.29 is 37.4 Å². The van der Waals surface area contributed by atoms with Crippen molar-refractivity contribution >= 4 is 28.5 Å². The molecule has 34 heavy (non-hydrogen) atoms. The van der Waals surface area contributed by atoms with Crippen molar-refractivity contribution in [2.75, 3.05) is 11.4 Å². The lowest BCUT2D eigenvalue weighted by Crippen LogP contribution is -2.39. The van der Waals surface area contributed by atoms with Gasteiger partial charge in [-0.05, 0) is 44.6 Å². The molecule has 0 radical (unpaired) electrons. The monoisotopic (exact) mass is 485 g/mol. The first-order valence-electron chi connectivity index (χ1n) is 10.9. The number of benzene rings is 1. The molecule has 1 saturated heterocycles. The zero-order valence-electron chi connectivity index (χ0n) is 17.9.